The number of carbonyl (C=O) groups excluding carboxylic acids is 1. The number of hydrogen-bond acceptors (Lipinski definition) is 3. The Morgan fingerprint density at radius 2 is 1.87 bits per heavy atom. The molecule has 1 N–H and O–H groups in total. The second-order valence-corrected chi connectivity index (χ2v) is 8.24. The molecular weight excluding hydrogens is 508 g/mol. The largest absolute Gasteiger partial charge is 0.338 e. The number of anilines is 2. The lowest BCUT2D eigenvalue weighted by Crippen LogP contribution is -2.20. The molecule has 1 aliphatic rings. The number of benzene rings is 2. The van der Waals surface area contributed by atoms with E-state index in [1.165, 1.54) is 23.1 Å². The van der Waals surface area contributed by atoms with E-state index in [1.54, 1.807) is 30.3 Å². The molecular formula is C21H12F3IN4O. The second-order valence-electron chi connectivity index (χ2n) is 6.89. The fourth-order valence-corrected chi connectivity index (χ4v) is 3.85. The van der Waals surface area contributed by atoms with Crippen LogP contribution in [0.25, 0.3) is 22.4 Å². The highest BCUT2D eigenvalue weighted by Gasteiger charge is 2.30. The number of amides is 1. The van der Waals surface area contributed by atoms with E-state index in [1.807, 2.05) is 0 Å². The number of rotatable bonds is 3. The highest BCUT2D eigenvalue weighted by Crippen LogP contribution is 2.37. The van der Waals surface area contributed by atoms with Crippen LogP contribution in [0, 0.1) is 5.82 Å². The van der Waals surface area contributed by atoms with Gasteiger partial charge < -0.3 is 4.98 Å². The summed E-state index contributed by atoms with van der Waals surface area (Å²) in [5, 5.41) is 0. The molecule has 0 radical (unpaired) electrons. The normalized spacial score (nSPS) is 13.9. The standard InChI is InChI=1S/C21H12F3IN4O/c22-13-8-18-17(26-10-13)9-19(30)29(18)14-4-1-11(2-5-14)20-27-15-6-3-12(21(23,24)25)7-16(15)28-20/h1-8,10H,9H2,(H,27,28). The van der Waals surface area contributed by atoms with E-state index in [9.17, 15) is 18.0 Å². The molecule has 150 valence electrons. The smallest absolute Gasteiger partial charge is 0.321 e. The van der Waals surface area contributed by atoms with Crippen LogP contribution in [0.2, 0.25) is 0 Å². The van der Waals surface area contributed by atoms with Gasteiger partial charge in [-0.15, -0.1) is 0 Å². The summed E-state index contributed by atoms with van der Waals surface area (Å²) in [5.41, 5.74) is 3.25. The molecule has 0 aliphatic carbocycles. The van der Waals surface area contributed by atoms with E-state index in [-0.39, 0.29) is 17.9 Å². The summed E-state index contributed by atoms with van der Waals surface area (Å²) in [6.07, 6.45) is 1.21. The molecule has 5 rings (SSSR count). The molecule has 9 heteroatoms. The fraction of sp³-hybridized carbons (Fsp3) is 0.0952. The Bertz CT molecular complexity index is 1300. The number of aromatic amines is 1. The molecule has 0 bridgehead atoms. The minimum absolute atomic E-state index is 0.104. The van der Waals surface area contributed by atoms with Gasteiger partial charge in [-0.2, -0.15) is 8.78 Å². The SMILES string of the molecule is O=C1Cc2ncc(F)cc2N1c1ccc(-c2nc3ccc(C(F)(F)I)cc3[nH]2)cc1. The first-order valence-corrected chi connectivity index (χ1v) is 10.0. The number of hydrogen-bond donors (Lipinski definition) is 1. The summed E-state index contributed by atoms with van der Waals surface area (Å²) in [6.45, 7) is 0. The molecule has 0 saturated carbocycles. The van der Waals surface area contributed by atoms with Gasteiger partial charge in [-0.05, 0) is 42.5 Å². The molecule has 30 heavy (non-hydrogen) atoms. The Labute approximate surface area is 182 Å². The number of H-pyrrole nitrogens is 1. The third kappa shape index (κ3) is 3.22. The lowest BCUT2D eigenvalue weighted by molar-refractivity contribution is -0.116. The lowest BCUT2D eigenvalue weighted by Gasteiger charge is -2.17. The Kier molecular flexibility index (Phi) is 4.31. The maximum atomic E-state index is 13.6. The number of halogens is 4. The molecule has 0 fully saturated rings. The lowest BCUT2D eigenvalue weighted by atomic mass is 10.2. The highest BCUT2D eigenvalue weighted by molar-refractivity contribution is 14.1. The zero-order valence-electron chi connectivity index (χ0n) is 15.2. The Hall–Kier alpha value is -2.95. The molecule has 5 nitrogen and oxygen atoms in total. The Morgan fingerprint density at radius 1 is 1.10 bits per heavy atom. The van der Waals surface area contributed by atoms with Crippen LogP contribution in [-0.4, -0.2) is 20.9 Å². The van der Waals surface area contributed by atoms with Gasteiger partial charge in [-0.3, -0.25) is 14.7 Å². The maximum Gasteiger partial charge on any atom is 0.321 e. The van der Waals surface area contributed by atoms with Crippen molar-refractivity contribution in [3.05, 3.63) is 71.8 Å². The zero-order chi connectivity index (χ0) is 21.0. The van der Waals surface area contributed by atoms with Crippen LogP contribution < -0.4 is 4.90 Å². The van der Waals surface area contributed by atoms with Crippen molar-refractivity contribution < 1.29 is 18.0 Å². The summed E-state index contributed by atoms with van der Waals surface area (Å²) in [6, 6.07) is 12.6. The molecule has 3 heterocycles. The first-order valence-electron chi connectivity index (χ1n) is 8.94. The van der Waals surface area contributed by atoms with Gasteiger partial charge >= 0.3 is 3.93 Å². The summed E-state index contributed by atoms with van der Waals surface area (Å²) in [7, 11) is 0. The molecule has 0 unspecified atom stereocenters. The van der Waals surface area contributed by atoms with Crippen molar-refractivity contribution in [1.29, 1.82) is 0 Å². The van der Waals surface area contributed by atoms with Gasteiger partial charge in [0.2, 0.25) is 5.91 Å². The molecule has 1 amide bonds. The van der Waals surface area contributed by atoms with Crippen molar-refractivity contribution in [1.82, 2.24) is 15.0 Å². The van der Waals surface area contributed by atoms with Crippen molar-refractivity contribution >= 4 is 50.9 Å². The van der Waals surface area contributed by atoms with E-state index >= 15 is 0 Å². The molecule has 0 spiro atoms. The van der Waals surface area contributed by atoms with Crippen LogP contribution in [0.5, 0.6) is 0 Å². The topological polar surface area (TPSA) is 61.9 Å². The number of nitrogens with one attached hydrogen (secondary N) is 1. The van der Waals surface area contributed by atoms with Gasteiger partial charge in [0.05, 0.1) is 35.0 Å². The minimum atomic E-state index is -2.97. The van der Waals surface area contributed by atoms with Gasteiger partial charge in [0.25, 0.3) is 0 Å². The minimum Gasteiger partial charge on any atom is -0.338 e. The zero-order valence-corrected chi connectivity index (χ0v) is 17.3. The fourth-order valence-electron chi connectivity index (χ4n) is 3.52. The van der Waals surface area contributed by atoms with E-state index in [4.69, 9.17) is 0 Å². The molecule has 2 aromatic heterocycles. The molecule has 0 atom stereocenters. The van der Waals surface area contributed by atoms with Crippen LogP contribution in [0.15, 0.2) is 54.7 Å². The number of alkyl halides is 3. The van der Waals surface area contributed by atoms with E-state index in [2.05, 4.69) is 15.0 Å². The molecule has 0 saturated heterocycles. The van der Waals surface area contributed by atoms with Crippen molar-refractivity contribution in [3.8, 4) is 11.4 Å². The van der Waals surface area contributed by atoms with Gasteiger partial charge in [-0.25, -0.2) is 9.37 Å². The third-order valence-corrected chi connectivity index (χ3v) is 5.55. The summed E-state index contributed by atoms with van der Waals surface area (Å²) < 4.78 is 37.8. The number of aromatic nitrogens is 3. The van der Waals surface area contributed by atoms with Crippen molar-refractivity contribution in [2.45, 2.75) is 10.4 Å². The average molecular weight is 520 g/mol. The summed E-state index contributed by atoms with van der Waals surface area (Å²) in [4.78, 5) is 25.3. The van der Waals surface area contributed by atoms with Gasteiger partial charge in [0.1, 0.15) is 11.6 Å². The predicted molar refractivity (Wildman–Crippen MR) is 114 cm³/mol. The van der Waals surface area contributed by atoms with Gasteiger partial charge in [0, 0.05) is 45.5 Å². The third-order valence-electron chi connectivity index (χ3n) is 4.93. The highest BCUT2D eigenvalue weighted by atomic mass is 127. The second kappa shape index (κ2) is 6.79. The predicted octanol–water partition coefficient (Wildman–Crippen LogP) is 5.47. The van der Waals surface area contributed by atoms with Gasteiger partial charge in [-0.1, -0.05) is 0 Å². The Morgan fingerprint density at radius 3 is 2.60 bits per heavy atom. The average Bonchev–Trinajstić information content (AvgIpc) is 3.27. The number of carbonyl (C=O) groups is 1. The van der Waals surface area contributed by atoms with Crippen molar-refractivity contribution in [3.63, 3.8) is 0 Å². The van der Waals surface area contributed by atoms with Crippen LogP contribution in [0.3, 0.4) is 0 Å². The number of fused-ring (bicyclic) bond motifs is 2. The number of nitrogens with zero attached hydrogens (tertiary/aromatic N) is 3. The van der Waals surface area contributed by atoms with Crippen molar-refractivity contribution in [2.75, 3.05) is 4.90 Å². The molecule has 4 aromatic rings. The monoisotopic (exact) mass is 520 g/mol. The first kappa shape index (κ1) is 19.0. The van der Waals surface area contributed by atoms with Crippen molar-refractivity contribution in [2.24, 2.45) is 0 Å². The molecule has 2 aromatic carbocycles. The maximum absolute atomic E-state index is 13.6. The summed E-state index contributed by atoms with van der Waals surface area (Å²) in [5.74, 6) is -0.179. The van der Waals surface area contributed by atoms with Crippen LogP contribution >= 0.6 is 22.6 Å². The van der Waals surface area contributed by atoms with E-state index in [0.29, 0.717) is 33.9 Å². The van der Waals surface area contributed by atoms with Crippen LogP contribution in [0.4, 0.5) is 24.5 Å². The van der Waals surface area contributed by atoms with Crippen LogP contribution in [0.1, 0.15) is 11.3 Å². The van der Waals surface area contributed by atoms with E-state index in [0.717, 1.165) is 34.4 Å². The number of pyridine rings is 1. The van der Waals surface area contributed by atoms with Gasteiger partial charge in [0.15, 0.2) is 0 Å². The van der Waals surface area contributed by atoms with E-state index < -0.39 is 9.75 Å². The van der Waals surface area contributed by atoms with Crippen LogP contribution in [-0.2, 0) is 15.1 Å². The quantitative estimate of drug-likeness (QED) is 0.288. The summed E-state index contributed by atoms with van der Waals surface area (Å²) >= 11 is 1.09. The first-order chi connectivity index (χ1) is 14.3. The Balaban J connectivity index is 1.49. The molecule has 1 aliphatic heterocycles. The number of imidazole rings is 1.